The van der Waals surface area contributed by atoms with E-state index in [0.29, 0.717) is 35.0 Å². The smallest absolute Gasteiger partial charge is 0.255 e. The summed E-state index contributed by atoms with van der Waals surface area (Å²) in [5.74, 6) is 0.947. The zero-order valence-electron chi connectivity index (χ0n) is 19.1. The summed E-state index contributed by atoms with van der Waals surface area (Å²) in [5, 5.41) is 6.69. The van der Waals surface area contributed by atoms with Crippen LogP contribution in [0.5, 0.6) is 11.5 Å². The van der Waals surface area contributed by atoms with Gasteiger partial charge in [0.15, 0.2) is 11.3 Å². The third-order valence-corrected chi connectivity index (χ3v) is 5.20. The molecule has 3 aromatic rings. The number of carbonyl (C=O) groups is 2. The van der Waals surface area contributed by atoms with Gasteiger partial charge in [0, 0.05) is 5.39 Å². The van der Waals surface area contributed by atoms with Crippen molar-refractivity contribution in [1.82, 2.24) is 10.6 Å². The van der Waals surface area contributed by atoms with E-state index in [2.05, 4.69) is 10.6 Å². The molecule has 0 bridgehead atoms. The zero-order chi connectivity index (χ0) is 23.3. The van der Waals surface area contributed by atoms with E-state index in [1.807, 2.05) is 52.0 Å². The van der Waals surface area contributed by atoms with Gasteiger partial charge in [-0.3, -0.25) is 9.59 Å². The van der Waals surface area contributed by atoms with Crippen LogP contribution in [0.15, 0.2) is 52.9 Å². The molecule has 0 saturated carbocycles. The van der Waals surface area contributed by atoms with Crippen molar-refractivity contribution in [2.45, 2.75) is 39.8 Å². The van der Waals surface area contributed by atoms with E-state index in [4.69, 9.17) is 13.9 Å². The highest BCUT2D eigenvalue weighted by molar-refractivity contribution is 5.99. The maximum Gasteiger partial charge on any atom is 0.255 e. The number of amides is 2. The Morgan fingerprint density at radius 3 is 2.41 bits per heavy atom. The number of benzene rings is 2. The van der Waals surface area contributed by atoms with Gasteiger partial charge in [-0.15, -0.1) is 0 Å². The number of nitrogens with one attached hydrogen (secondary N) is 2. The van der Waals surface area contributed by atoms with Gasteiger partial charge in [0.25, 0.3) is 5.91 Å². The number of carbonyl (C=O) groups excluding carboxylic acids is 2. The van der Waals surface area contributed by atoms with Crippen LogP contribution in [0.2, 0.25) is 0 Å². The van der Waals surface area contributed by atoms with Crippen LogP contribution < -0.4 is 20.1 Å². The van der Waals surface area contributed by atoms with Crippen molar-refractivity contribution in [2.75, 3.05) is 13.7 Å². The molecule has 0 saturated heterocycles. The zero-order valence-corrected chi connectivity index (χ0v) is 19.1. The first-order valence-electron chi connectivity index (χ1n) is 10.7. The van der Waals surface area contributed by atoms with Crippen molar-refractivity contribution in [3.05, 3.63) is 59.9 Å². The molecule has 3 rings (SSSR count). The highest BCUT2D eigenvalue weighted by Gasteiger charge is 2.27. The predicted octanol–water partition coefficient (Wildman–Crippen LogP) is 4.47. The lowest BCUT2D eigenvalue weighted by Gasteiger charge is -2.24. The second-order valence-electron chi connectivity index (χ2n) is 7.88. The number of fused-ring (bicyclic) bond motifs is 1. The molecule has 1 aromatic heterocycles. The fourth-order valence-electron chi connectivity index (χ4n) is 3.50. The van der Waals surface area contributed by atoms with Crippen LogP contribution in [0.1, 0.15) is 49.9 Å². The lowest BCUT2D eigenvalue weighted by molar-refractivity contribution is -0.124. The van der Waals surface area contributed by atoms with Crippen LogP contribution in [0.3, 0.4) is 0 Å². The molecule has 2 atom stereocenters. The minimum absolute atomic E-state index is 0.124. The number of methoxy groups -OCH3 is 1. The lowest BCUT2D eigenvalue weighted by Crippen LogP contribution is -2.50. The van der Waals surface area contributed by atoms with Crippen molar-refractivity contribution in [3.8, 4) is 11.5 Å². The molecule has 2 amide bonds. The van der Waals surface area contributed by atoms with Crippen LogP contribution in [0, 0.1) is 5.92 Å². The van der Waals surface area contributed by atoms with E-state index >= 15 is 0 Å². The van der Waals surface area contributed by atoms with E-state index in [1.54, 1.807) is 24.3 Å². The summed E-state index contributed by atoms with van der Waals surface area (Å²) in [6.45, 7) is 8.05. The summed E-state index contributed by atoms with van der Waals surface area (Å²) in [6.07, 6.45) is 0. The molecule has 7 nitrogen and oxygen atoms in total. The second kappa shape index (κ2) is 10.2. The van der Waals surface area contributed by atoms with Crippen molar-refractivity contribution in [1.29, 1.82) is 0 Å². The van der Waals surface area contributed by atoms with Gasteiger partial charge in [-0.05, 0) is 44.0 Å². The lowest BCUT2D eigenvalue weighted by atomic mass is 10.0. The Morgan fingerprint density at radius 1 is 1.00 bits per heavy atom. The Kier molecular flexibility index (Phi) is 7.41. The number of para-hydroxylation sites is 2. The molecular formula is C25H30N2O5. The number of rotatable bonds is 9. The molecule has 1 unspecified atom stereocenters. The summed E-state index contributed by atoms with van der Waals surface area (Å²) in [7, 11) is 1.50. The van der Waals surface area contributed by atoms with Gasteiger partial charge in [-0.25, -0.2) is 0 Å². The van der Waals surface area contributed by atoms with Crippen molar-refractivity contribution < 1.29 is 23.5 Å². The quantitative estimate of drug-likeness (QED) is 0.514. The molecule has 0 aliphatic carbocycles. The highest BCUT2D eigenvalue weighted by atomic mass is 16.5. The summed E-state index contributed by atoms with van der Waals surface area (Å²) < 4.78 is 16.9. The minimum atomic E-state index is -0.724. The van der Waals surface area contributed by atoms with Gasteiger partial charge >= 0.3 is 0 Å². The number of ether oxygens (including phenoxy) is 2. The fraction of sp³-hybridized carbons (Fsp3) is 0.360. The van der Waals surface area contributed by atoms with Crippen LogP contribution in [-0.4, -0.2) is 31.6 Å². The Hall–Kier alpha value is -3.48. The van der Waals surface area contributed by atoms with Gasteiger partial charge in [0.05, 0.1) is 25.3 Å². The summed E-state index contributed by atoms with van der Waals surface area (Å²) in [6, 6.07) is 13.4. The molecule has 0 aliphatic heterocycles. The van der Waals surface area contributed by atoms with E-state index in [0.717, 1.165) is 5.39 Å². The monoisotopic (exact) mass is 438 g/mol. The average Bonchev–Trinajstić information content (AvgIpc) is 3.22. The summed E-state index contributed by atoms with van der Waals surface area (Å²) >= 11 is 0. The Morgan fingerprint density at radius 2 is 1.72 bits per heavy atom. The predicted molar refractivity (Wildman–Crippen MR) is 123 cm³/mol. The SMILES string of the molecule is CCOc1cccc2cc(C(C)NC(=O)[C@@H](NC(=O)c3ccccc3OC)C(C)C)oc12. The van der Waals surface area contributed by atoms with Crippen LogP contribution in [-0.2, 0) is 4.79 Å². The van der Waals surface area contributed by atoms with E-state index in [9.17, 15) is 9.59 Å². The van der Waals surface area contributed by atoms with Gasteiger partial charge in [0.2, 0.25) is 5.91 Å². The third kappa shape index (κ3) is 5.04. The van der Waals surface area contributed by atoms with Gasteiger partial charge in [0.1, 0.15) is 17.6 Å². The standard InChI is InChI=1S/C25H30N2O5/c1-6-31-20-13-9-10-17-14-21(32-23(17)20)16(4)26-25(29)22(15(2)3)27-24(28)18-11-7-8-12-19(18)30-5/h7-16,22H,6H2,1-5H3,(H,26,29)(H,27,28)/t16?,22-/m0/s1. The van der Waals surface area contributed by atoms with E-state index in [-0.39, 0.29) is 17.7 Å². The molecular weight excluding hydrogens is 408 g/mol. The summed E-state index contributed by atoms with van der Waals surface area (Å²) in [4.78, 5) is 25.9. The maximum absolute atomic E-state index is 13.1. The molecule has 0 aliphatic rings. The molecule has 0 fully saturated rings. The minimum Gasteiger partial charge on any atom is -0.496 e. The Labute approximate surface area is 188 Å². The number of hydrogen-bond donors (Lipinski definition) is 2. The van der Waals surface area contributed by atoms with E-state index < -0.39 is 12.1 Å². The van der Waals surface area contributed by atoms with Crippen LogP contribution in [0.25, 0.3) is 11.0 Å². The van der Waals surface area contributed by atoms with Crippen molar-refractivity contribution in [3.63, 3.8) is 0 Å². The fourth-order valence-corrected chi connectivity index (χ4v) is 3.50. The first kappa shape index (κ1) is 23.2. The molecule has 0 spiro atoms. The van der Waals surface area contributed by atoms with Crippen LogP contribution in [0.4, 0.5) is 0 Å². The number of furan rings is 1. The molecule has 0 radical (unpaired) electrons. The molecule has 2 aromatic carbocycles. The van der Waals surface area contributed by atoms with Crippen LogP contribution >= 0.6 is 0 Å². The summed E-state index contributed by atoms with van der Waals surface area (Å²) in [5.41, 5.74) is 1.03. The number of hydrogen-bond acceptors (Lipinski definition) is 5. The van der Waals surface area contributed by atoms with Gasteiger partial charge in [-0.1, -0.05) is 38.1 Å². The molecule has 32 heavy (non-hydrogen) atoms. The normalized spacial score (nSPS) is 12.9. The topological polar surface area (TPSA) is 89.8 Å². The van der Waals surface area contributed by atoms with Gasteiger partial charge < -0.3 is 24.5 Å². The van der Waals surface area contributed by atoms with Gasteiger partial charge in [-0.2, -0.15) is 0 Å². The van der Waals surface area contributed by atoms with Crippen molar-refractivity contribution in [2.24, 2.45) is 5.92 Å². The Bertz CT molecular complexity index is 1090. The molecule has 7 heteroatoms. The second-order valence-corrected chi connectivity index (χ2v) is 7.88. The third-order valence-electron chi connectivity index (χ3n) is 5.20. The maximum atomic E-state index is 13.1. The average molecular weight is 439 g/mol. The van der Waals surface area contributed by atoms with E-state index in [1.165, 1.54) is 7.11 Å². The molecule has 170 valence electrons. The highest BCUT2D eigenvalue weighted by Crippen LogP contribution is 2.31. The first-order chi connectivity index (χ1) is 15.3. The molecule has 1 heterocycles. The largest absolute Gasteiger partial charge is 0.496 e. The molecule has 2 N–H and O–H groups in total. The van der Waals surface area contributed by atoms with Crippen molar-refractivity contribution >= 4 is 22.8 Å². The Balaban J connectivity index is 1.75. The first-order valence-corrected chi connectivity index (χ1v) is 10.7.